The van der Waals surface area contributed by atoms with Gasteiger partial charge in [-0.15, -0.1) is 0 Å². The van der Waals surface area contributed by atoms with Crippen LogP contribution in [-0.2, 0) is 0 Å². The SMILES string of the molecule is N#Cc1c(-c2cccc(Cl)c2)cc(-c2cccc(Cl)c2)[nH]c1=O. The largest absolute Gasteiger partial charge is 0.321 e. The average molecular weight is 341 g/mol. The van der Waals surface area contributed by atoms with Gasteiger partial charge in [0, 0.05) is 21.3 Å². The molecule has 5 heteroatoms. The minimum atomic E-state index is -0.444. The van der Waals surface area contributed by atoms with Crippen molar-refractivity contribution in [3.63, 3.8) is 0 Å². The van der Waals surface area contributed by atoms with Crippen molar-refractivity contribution in [1.82, 2.24) is 4.98 Å². The molecule has 0 amide bonds. The van der Waals surface area contributed by atoms with Gasteiger partial charge in [-0.05, 0) is 41.5 Å². The van der Waals surface area contributed by atoms with E-state index < -0.39 is 5.56 Å². The number of benzene rings is 2. The Morgan fingerprint density at radius 2 is 1.52 bits per heavy atom. The Bertz CT molecular complexity index is 987. The molecule has 0 aliphatic rings. The summed E-state index contributed by atoms with van der Waals surface area (Å²) in [5.74, 6) is 0. The highest BCUT2D eigenvalue weighted by Gasteiger charge is 2.13. The molecule has 112 valence electrons. The summed E-state index contributed by atoms with van der Waals surface area (Å²) in [5.41, 5.74) is 2.21. The maximum absolute atomic E-state index is 12.3. The minimum absolute atomic E-state index is 0.0537. The predicted molar refractivity (Wildman–Crippen MR) is 92.7 cm³/mol. The number of halogens is 2. The smallest absolute Gasteiger partial charge is 0.266 e. The molecule has 0 fully saturated rings. The first-order chi connectivity index (χ1) is 11.1. The van der Waals surface area contributed by atoms with Gasteiger partial charge in [-0.2, -0.15) is 5.26 Å². The summed E-state index contributed by atoms with van der Waals surface area (Å²) in [6.45, 7) is 0. The van der Waals surface area contributed by atoms with Gasteiger partial charge in [-0.25, -0.2) is 0 Å². The number of aromatic amines is 1. The van der Waals surface area contributed by atoms with Gasteiger partial charge >= 0.3 is 0 Å². The van der Waals surface area contributed by atoms with Crippen LogP contribution in [0.3, 0.4) is 0 Å². The molecule has 0 saturated carbocycles. The Balaban J connectivity index is 2.27. The van der Waals surface area contributed by atoms with E-state index in [9.17, 15) is 10.1 Å². The number of rotatable bonds is 2. The van der Waals surface area contributed by atoms with Gasteiger partial charge < -0.3 is 4.98 Å². The van der Waals surface area contributed by atoms with Gasteiger partial charge in [0.25, 0.3) is 5.56 Å². The van der Waals surface area contributed by atoms with Crippen LogP contribution in [-0.4, -0.2) is 4.98 Å². The van der Waals surface area contributed by atoms with E-state index in [1.54, 1.807) is 42.5 Å². The third-order valence-corrected chi connectivity index (χ3v) is 3.89. The van der Waals surface area contributed by atoms with Crippen LogP contribution >= 0.6 is 23.2 Å². The van der Waals surface area contributed by atoms with E-state index in [-0.39, 0.29) is 5.56 Å². The molecule has 2 aromatic carbocycles. The second-order valence-electron chi connectivity index (χ2n) is 4.93. The van der Waals surface area contributed by atoms with Gasteiger partial charge in [0.05, 0.1) is 0 Å². The molecule has 23 heavy (non-hydrogen) atoms. The topological polar surface area (TPSA) is 56.6 Å². The fourth-order valence-electron chi connectivity index (χ4n) is 2.37. The van der Waals surface area contributed by atoms with Gasteiger partial charge in [-0.3, -0.25) is 4.79 Å². The quantitative estimate of drug-likeness (QED) is 0.722. The van der Waals surface area contributed by atoms with Crippen molar-refractivity contribution in [2.24, 2.45) is 0 Å². The molecule has 3 nitrogen and oxygen atoms in total. The Morgan fingerprint density at radius 1 is 0.913 bits per heavy atom. The third-order valence-electron chi connectivity index (χ3n) is 3.42. The number of H-pyrrole nitrogens is 1. The summed E-state index contributed by atoms with van der Waals surface area (Å²) < 4.78 is 0. The number of hydrogen-bond donors (Lipinski definition) is 1. The van der Waals surface area contributed by atoms with E-state index in [0.717, 1.165) is 5.56 Å². The van der Waals surface area contributed by atoms with Crippen LogP contribution in [0.4, 0.5) is 0 Å². The van der Waals surface area contributed by atoms with Crippen LogP contribution < -0.4 is 5.56 Å². The molecule has 0 unspecified atom stereocenters. The fourth-order valence-corrected chi connectivity index (χ4v) is 2.75. The molecule has 0 atom stereocenters. The lowest BCUT2D eigenvalue weighted by Crippen LogP contribution is -2.12. The maximum Gasteiger partial charge on any atom is 0.266 e. The number of nitriles is 1. The van der Waals surface area contributed by atoms with Crippen molar-refractivity contribution >= 4 is 23.2 Å². The molecule has 3 rings (SSSR count). The van der Waals surface area contributed by atoms with Crippen molar-refractivity contribution in [3.8, 4) is 28.5 Å². The van der Waals surface area contributed by atoms with Crippen molar-refractivity contribution < 1.29 is 0 Å². The van der Waals surface area contributed by atoms with Crippen LogP contribution in [0.15, 0.2) is 59.4 Å². The summed E-state index contributed by atoms with van der Waals surface area (Å²) in [6, 6.07) is 17.9. The zero-order valence-corrected chi connectivity index (χ0v) is 13.3. The number of hydrogen-bond acceptors (Lipinski definition) is 2. The van der Waals surface area contributed by atoms with Crippen LogP contribution in [0.25, 0.3) is 22.4 Å². The molecule has 0 radical (unpaired) electrons. The van der Waals surface area contributed by atoms with Gasteiger partial charge in [0.2, 0.25) is 0 Å². The normalized spacial score (nSPS) is 10.3. The number of nitrogens with one attached hydrogen (secondary N) is 1. The fraction of sp³-hybridized carbons (Fsp3) is 0. The summed E-state index contributed by atoms with van der Waals surface area (Å²) >= 11 is 12.0. The molecule has 1 N–H and O–H groups in total. The number of nitrogens with zero attached hydrogens (tertiary/aromatic N) is 1. The first kappa shape index (κ1) is 15.4. The minimum Gasteiger partial charge on any atom is -0.321 e. The third kappa shape index (κ3) is 3.14. The van der Waals surface area contributed by atoms with Gasteiger partial charge in [0.15, 0.2) is 0 Å². The second kappa shape index (κ2) is 6.29. The highest BCUT2D eigenvalue weighted by Crippen LogP contribution is 2.28. The monoisotopic (exact) mass is 340 g/mol. The summed E-state index contributed by atoms with van der Waals surface area (Å²) in [5, 5.41) is 10.4. The Labute approximate surface area is 142 Å². The second-order valence-corrected chi connectivity index (χ2v) is 5.81. The highest BCUT2D eigenvalue weighted by atomic mass is 35.5. The molecule has 0 aliphatic carbocycles. The lowest BCUT2D eigenvalue weighted by Gasteiger charge is -2.08. The molecule has 3 aromatic rings. The van der Waals surface area contributed by atoms with Crippen LogP contribution in [0.1, 0.15) is 5.56 Å². The zero-order chi connectivity index (χ0) is 16.4. The maximum atomic E-state index is 12.3. The summed E-state index contributed by atoms with van der Waals surface area (Å²) in [6.07, 6.45) is 0. The Hall–Kier alpha value is -2.54. The summed E-state index contributed by atoms with van der Waals surface area (Å²) in [4.78, 5) is 15.0. The molecule has 1 heterocycles. The van der Waals surface area contributed by atoms with Crippen LogP contribution in [0.2, 0.25) is 10.0 Å². The first-order valence-electron chi connectivity index (χ1n) is 6.78. The van der Waals surface area contributed by atoms with Crippen molar-refractivity contribution in [3.05, 3.63) is 80.6 Å². The van der Waals surface area contributed by atoms with Crippen molar-refractivity contribution in [2.75, 3.05) is 0 Å². The number of aromatic nitrogens is 1. The van der Waals surface area contributed by atoms with E-state index in [1.165, 1.54) is 0 Å². The van der Waals surface area contributed by atoms with E-state index in [1.807, 2.05) is 18.2 Å². The molecule has 0 spiro atoms. The number of pyridine rings is 1. The lowest BCUT2D eigenvalue weighted by atomic mass is 9.99. The Morgan fingerprint density at radius 3 is 2.13 bits per heavy atom. The molecule has 1 aromatic heterocycles. The van der Waals surface area contributed by atoms with Gasteiger partial charge in [-0.1, -0.05) is 47.5 Å². The Kier molecular flexibility index (Phi) is 4.20. The van der Waals surface area contributed by atoms with Crippen LogP contribution in [0, 0.1) is 11.3 Å². The summed E-state index contributed by atoms with van der Waals surface area (Å²) in [7, 11) is 0. The first-order valence-corrected chi connectivity index (χ1v) is 7.53. The average Bonchev–Trinajstić information content (AvgIpc) is 2.54. The molecule has 0 saturated heterocycles. The van der Waals surface area contributed by atoms with Crippen LogP contribution in [0.5, 0.6) is 0 Å². The van der Waals surface area contributed by atoms with Crippen molar-refractivity contribution in [2.45, 2.75) is 0 Å². The van der Waals surface area contributed by atoms with Gasteiger partial charge in [0.1, 0.15) is 11.6 Å². The predicted octanol–water partition coefficient (Wildman–Crippen LogP) is 4.89. The van der Waals surface area contributed by atoms with E-state index in [2.05, 4.69) is 4.98 Å². The highest BCUT2D eigenvalue weighted by molar-refractivity contribution is 6.31. The van der Waals surface area contributed by atoms with E-state index >= 15 is 0 Å². The van der Waals surface area contributed by atoms with E-state index in [0.29, 0.717) is 26.9 Å². The molecular weight excluding hydrogens is 331 g/mol. The standard InChI is InChI=1S/C18H10Cl2N2O/c19-13-5-1-3-11(7-13)15-9-17(22-18(23)16(15)10-21)12-4-2-6-14(20)8-12/h1-9H,(H,22,23). The molecular formula is C18H10Cl2N2O. The zero-order valence-electron chi connectivity index (χ0n) is 11.8. The van der Waals surface area contributed by atoms with E-state index in [4.69, 9.17) is 23.2 Å². The lowest BCUT2D eigenvalue weighted by molar-refractivity contribution is 1.22. The van der Waals surface area contributed by atoms with Crippen molar-refractivity contribution in [1.29, 1.82) is 5.26 Å². The molecule has 0 aliphatic heterocycles. The molecule has 0 bridgehead atoms.